The highest BCUT2D eigenvalue weighted by atomic mass is 16.5. The number of para-hydroxylation sites is 1. The highest BCUT2D eigenvalue weighted by molar-refractivity contribution is 6.14. The van der Waals surface area contributed by atoms with Crippen molar-refractivity contribution in [3.63, 3.8) is 0 Å². The van der Waals surface area contributed by atoms with E-state index in [9.17, 15) is 4.79 Å². The first kappa shape index (κ1) is 12.0. The van der Waals surface area contributed by atoms with Crippen LogP contribution in [0.25, 0.3) is 32.9 Å². The molecule has 0 fully saturated rings. The molecule has 4 rings (SSSR count). The van der Waals surface area contributed by atoms with Crippen molar-refractivity contribution in [2.45, 2.75) is 6.92 Å². The van der Waals surface area contributed by atoms with Gasteiger partial charge in [-0.15, -0.1) is 0 Å². The number of hydrogen-bond acceptors (Lipinski definition) is 4. The van der Waals surface area contributed by atoms with Gasteiger partial charge in [0.25, 0.3) is 0 Å². The van der Waals surface area contributed by atoms with E-state index >= 15 is 0 Å². The second-order valence-corrected chi connectivity index (χ2v) is 5.00. The van der Waals surface area contributed by atoms with Crippen molar-refractivity contribution in [1.82, 2.24) is 0 Å². The molecule has 0 aliphatic carbocycles. The average molecular weight is 280 g/mol. The van der Waals surface area contributed by atoms with Crippen LogP contribution in [0.2, 0.25) is 0 Å². The van der Waals surface area contributed by atoms with Crippen molar-refractivity contribution in [1.29, 1.82) is 0 Å². The van der Waals surface area contributed by atoms with Gasteiger partial charge in [0.2, 0.25) is 0 Å². The molecule has 4 nitrogen and oxygen atoms in total. The SMILES string of the molecule is COc1c2c(C)cc(=O)oc2cc2oc3ccccc3c12. The topological polar surface area (TPSA) is 52.6 Å². The molecule has 0 bridgehead atoms. The summed E-state index contributed by atoms with van der Waals surface area (Å²) in [6.45, 7) is 1.87. The molecule has 0 saturated heterocycles. The lowest BCUT2D eigenvalue weighted by atomic mass is 10.1. The van der Waals surface area contributed by atoms with E-state index in [-0.39, 0.29) is 5.63 Å². The summed E-state index contributed by atoms with van der Waals surface area (Å²) < 4.78 is 16.7. The first-order valence-electron chi connectivity index (χ1n) is 6.62. The summed E-state index contributed by atoms with van der Waals surface area (Å²) in [5, 5.41) is 2.69. The van der Waals surface area contributed by atoms with E-state index in [2.05, 4.69) is 0 Å². The molecule has 2 aromatic heterocycles. The molecule has 0 unspecified atom stereocenters. The Kier molecular flexibility index (Phi) is 2.36. The van der Waals surface area contributed by atoms with Crippen LogP contribution in [0.1, 0.15) is 5.56 Å². The Balaban J connectivity index is 2.35. The molecule has 4 heteroatoms. The van der Waals surface area contributed by atoms with Crippen LogP contribution in [-0.4, -0.2) is 7.11 Å². The molecule has 0 atom stereocenters. The smallest absolute Gasteiger partial charge is 0.336 e. The van der Waals surface area contributed by atoms with Gasteiger partial charge in [0.15, 0.2) is 0 Å². The predicted molar refractivity (Wildman–Crippen MR) is 81.1 cm³/mol. The Labute approximate surface area is 119 Å². The van der Waals surface area contributed by atoms with Crippen molar-refractivity contribution in [2.24, 2.45) is 0 Å². The van der Waals surface area contributed by atoms with Gasteiger partial charge in [-0.25, -0.2) is 4.79 Å². The molecule has 2 aromatic carbocycles. The molecule has 0 aliphatic heterocycles. The highest BCUT2D eigenvalue weighted by Crippen LogP contribution is 2.41. The van der Waals surface area contributed by atoms with Gasteiger partial charge in [-0.05, 0) is 18.6 Å². The van der Waals surface area contributed by atoms with Gasteiger partial charge in [-0.1, -0.05) is 18.2 Å². The standard InChI is InChI=1S/C17H12O4/c1-9-7-14(18)21-12-8-13-16(17(19-2)15(9)12)10-5-3-4-6-11(10)20-13/h3-8H,1-2H3. The number of aryl methyl sites for hydroxylation is 1. The number of benzene rings is 2. The minimum absolute atomic E-state index is 0.377. The van der Waals surface area contributed by atoms with Crippen LogP contribution in [0.5, 0.6) is 5.75 Å². The average Bonchev–Trinajstić information content (AvgIpc) is 2.82. The summed E-state index contributed by atoms with van der Waals surface area (Å²) in [7, 11) is 1.61. The maximum absolute atomic E-state index is 11.6. The van der Waals surface area contributed by atoms with Gasteiger partial charge in [-0.3, -0.25) is 0 Å². The lowest BCUT2D eigenvalue weighted by Crippen LogP contribution is -1.99. The fraction of sp³-hybridized carbons (Fsp3) is 0.118. The van der Waals surface area contributed by atoms with Crippen molar-refractivity contribution in [2.75, 3.05) is 7.11 Å². The maximum atomic E-state index is 11.6. The number of rotatable bonds is 1. The van der Waals surface area contributed by atoms with Gasteiger partial charge in [0.05, 0.1) is 17.9 Å². The summed E-state index contributed by atoms with van der Waals surface area (Å²) in [5.74, 6) is 0.675. The predicted octanol–water partition coefficient (Wildman–Crippen LogP) is 4.01. The van der Waals surface area contributed by atoms with Crippen LogP contribution in [0.3, 0.4) is 0 Å². The van der Waals surface area contributed by atoms with Crippen molar-refractivity contribution >= 4 is 32.9 Å². The molecule has 0 aliphatic rings. The summed E-state index contributed by atoms with van der Waals surface area (Å²) in [4.78, 5) is 11.6. The summed E-state index contributed by atoms with van der Waals surface area (Å²) in [6.07, 6.45) is 0. The summed E-state index contributed by atoms with van der Waals surface area (Å²) >= 11 is 0. The van der Waals surface area contributed by atoms with Crippen LogP contribution in [0.15, 0.2) is 50.0 Å². The van der Waals surface area contributed by atoms with E-state index in [0.29, 0.717) is 16.9 Å². The van der Waals surface area contributed by atoms with Gasteiger partial charge in [0, 0.05) is 17.5 Å². The quantitative estimate of drug-likeness (QED) is 0.494. The van der Waals surface area contributed by atoms with Crippen molar-refractivity contribution in [3.05, 3.63) is 52.4 Å². The molecule has 2 heterocycles. The minimum atomic E-state index is -0.377. The highest BCUT2D eigenvalue weighted by Gasteiger charge is 2.18. The molecule has 0 saturated carbocycles. The number of hydrogen-bond donors (Lipinski definition) is 0. The fourth-order valence-electron chi connectivity index (χ4n) is 2.87. The number of methoxy groups -OCH3 is 1. The lowest BCUT2D eigenvalue weighted by Gasteiger charge is -2.08. The molecule has 0 spiro atoms. The molecule has 0 radical (unpaired) electrons. The van der Waals surface area contributed by atoms with E-state index < -0.39 is 0 Å². The second kappa shape index (κ2) is 4.12. The first-order valence-corrected chi connectivity index (χ1v) is 6.62. The van der Waals surface area contributed by atoms with Crippen LogP contribution < -0.4 is 10.4 Å². The van der Waals surface area contributed by atoms with Crippen LogP contribution in [0, 0.1) is 6.92 Å². The molecule has 0 N–H and O–H groups in total. The molecule has 21 heavy (non-hydrogen) atoms. The van der Waals surface area contributed by atoms with Gasteiger partial charge < -0.3 is 13.6 Å². The summed E-state index contributed by atoms with van der Waals surface area (Å²) in [6, 6.07) is 11.0. The molecule has 104 valence electrons. The molecular formula is C17H12O4. The number of fused-ring (bicyclic) bond motifs is 4. The molecule has 0 amide bonds. The third-order valence-electron chi connectivity index (χ3n) is 3.73. The Morgan fingerprint density at radius 1 is 0.952 bits per heavy atom. The third-order valence-corrected chi connectivity index (χ3v) is 3.73. The monoisotopic (exact) mass is 280 g/mol. The van der Waals surface area contributed by atoms with Crippen LogP contribution in [0.4, 0.5) is 0 Å². The summed E-state index contributed by atoms with van der Waals surface area (Å²) in [5.41, 5.74) is 2.35. The molecule has 4 aromatic rings. The van der Waals surface area contributed by atoms with E-state index in [0.717, 1.165) is 27.3 Å². The zero-order valence-corrected chi connectivity index (χ0v) is 11.6. The van der Waals surface area contributed by atoms with E-state index in [1.165, 1.54) is 6.07 Å². The zero-order chi connectivity index (χ0) is 14.6. The normalized spacial score (nSPS) is 11.5. The van der Waals surface area contributed by atoms with E-state index in [1.54, 1.807) is 13.2 Å². The van der Waals surface area contributed by atoms with Crippen molar-refractivity contribution in [3.8, 4) is 5.75 Å². The molecular weight excluding hydrogens is 268 g/mol. The number of ether oxygens (including phenoxy) is 1. The fourth-order valence-corrected chi connectivity index (χ4v) is 2.87. The Morgan fingerprint density at radius 3 is 2.52 bits per heavy atom. The number of furan rings is 1. The van der Waals surface area contributed by atoms with Gasteiger partial charge in [-0.2, -0.15) is 0 Å². The Hall–Kier alpha value is -2.75. The van der Waals surface area contributed by atoms with Crippen LogP contribution >= 0.6 is 0 Å². The van der Waals surface area contributed by atoms with Gasteiger partial charge >= 0.3 is 5.63 Å². The van der Waals surface area contributed by atoms with Gasteiger partial charge in [0.1, 0.15) is 22.5 Å². The first-order chi connectivity index (χ1) is 10.2. The largest absolute Gasteiger partial charge is 0.495 e. The second-order valence-electron chi connectivity index (χ2n) is 5.00. The van der Waals surface area contributed by atoms with Crippen LogP contribution in [-0.2, 0) is 0 Å². The minimum Gasteiger partial charge on any atom is -0.495 e. The maximum Gasteiger partial charge on any atom is 0.336 e. The van der Waals surface area contributed by atoms with E-state index in [4.69, 9.17) is 13.6 Å². The Morgan fingerprint density at radius 2 is 1.71 bits per heavy atom. The lowest BCUT2D eigenvalue weighted by molar-refractivity contribution is 0.423. The third kappa shape index (κ3) is 1.59. The van der Waals surface area contributed by atoms with Crippen molar-refractivity contribution < 1.29 is 13.6 Å². The Bertz CT molecular complexity index is 1050. The zero-order valence-electron chi connectivity index (χ0n) is 11.6. The van der Waals surface area contributed by atoms with E-state index in [1.807, 2.05) is 31.2 Å².